The van der Waals surface area contributed by atoms with E-state index in [-0.39, 0.29) is 12.0 Å². The van der Waals surface area contributed by atoms with Crippen molar-refractivity contribution in [3.8, 4) is 0 Å². The van der Waals surface area contributed by atoms with E-state index in [1.807, 2.05) is 12.2 Å². The second kappa shape index (κ2) is 7.56. The number of hydrogen-bond donors (Lipinski definition) is 2. The molecule has 0 aromatic heterocycles. The van der Waals surface area contributed by atoms with Gasteiger partial charge in [0.05, 0.1) is 24.5 Å². The van der Waals surface area contributed by atoms with Gasteiger partial charge in [0.1, 0.15) is 0 Å². The Labute approximate surface area is 125 Å². The van der Waals surface area contributed by atoms with Crippen LogP contribution in [-0.4, -0.2) is 60.8 Å². The van der Waals surface area contributed by atoms with Crippen LogP contribution in [0.1, 0.15) is 19.8 Å². The van der Waals surface area contributed by atoms with Crippen LogP contribution >= 0.6 is 0 Å². The zero-order valence-electron chi connectivity index (χ0n) is 12.5. The zero-order chi connectivity index (χ0) is 15.2. The molecule has 2 aliphatic rings. The quantitative estimate of drug-likeness (QED) is 0.722. The van der Waals surface area contributed by atoms with Crippen LogP contribution < -0.4 is 5.32 Å². The van der Waals surface area contributed by atoms with Gasteiger partial charge in [-0.3, -0.25) is 14.5 Å². The lowest BCUT2D eigenvalue weighted by Crippen LogP contribution is -2.49. The monoisotopic (exact) mass is 296 g/mol. The smallest absolute Gasteiger partial charge is 0.307 e. The summed E-state index contributed by atoms with van der Waals surface area (Å²) in [5, 5.41) is 12.1. The predicted octanol–water partition coefficient (Wildman–Crippen LogP) is 0.490. The second-order valence-electron chi connectivity index (χ2n) is 5.63. The van der Waals surface area contributed by atoms with Crippen LogP contribution in [0, 0.1) is 11.8 Å². The molecule has 0 aromatic carbocycles. The van der Waals surface area contributed by atoms with Crippen LogP contribution in [0.4, 0.5) is 0 Å². The molecule has 21 heavy (non-hydrogen) atoms. The van der Waals surface area contributed by atoms with E-state index in [1.165, 1.54) is 0 Å². The predicted molar refractivity (Wildman–Crippen MR) is 77.9 cm³/mol. The van der Waals surface area contributed by atoms with Gasteiger partial charge in [-0.05, 0) is 19.4 Å². The third-order valence-corrected chi connectivity index (χ3v) is 4.26. The molecular weight excluding hydrogens is 272 g/mol. The van der Waals surface area contributed by atoms with Crippen LogP contribution in [0.25, 0.3) is 0 Å². The Kier molecular flexibility index (Phi) is 5.76. The number of nitrogens with zero attached hydrogens (tertiary/aromatic N) is 1. The zero-order valence-corrected chi connectivity index (χ0v) is 12.5. The fourth-order valence-corrected chi connectivity index (χ4v) is 2.91. The number of ether oxygens (including phenoxy) is 1. The summed E-state index contributed by atoms with van der Waals surface area (Å²) < 4.78 is 5.64. The lowest BCUT2D eigenvalue weighted by molar-refractivity contribution is -0.147. The molecule has 1 aliphatic heterocycles. The molecule has 0 spiro atoms. The molecule has 1 fully saturated rings. The summed E-state index contributed by atoms with van der Waals surface area (Å²) in [7, 11) is 0. The summed E-state index contributed by atoms with van der Waals surface area (Å²) in [5.74, 6) is -2.16. The maximum atomic E-state index is 12.2. The molecule has 2 rings (SSSR count). The molecule has 0 saturated carbocycles. The van der Waals surface area contributed by atoms with Gasteiger partial charge in [0.15, 0.2) is 0 Å². The van der Waals surface area contributed by atoms with Crippen LogP contribution in [-0.2, 0) is 14.3 Å². The van der Waals surface area contributed by atoms with Crippen molar-refractivity contribution in [2.24, 2.45) is 11.8 Å². The first kappa shape index (κ1) is 16.0. The van der Waals surface area contributed by atoms with Crippen molar-refractivity contribution in [2.75, 3.05) is 32.8 Å². The van der Waals surface area contributed by atoms with Crippen molar-refractivity contribution in [3.05, 3.63) is 12.2 Å². The van der Waals surface area contributed by atoms with Gasteiger partial charge in [-0.1, -0.05) is 19.1 Å². The van der Waals surface area contributed by atoms with Crippen molar-refractivity contribution in [1.29, 1.82) is 0 Å². The normalized spacial score (nSPS) is 30.0. The molecule has 1 aliphatic carbocycles. The molecule has 0 bridgehead atoms. The van der Waals surface area contributed by atoms with Gasteiger partial charge in [0.2, 0.25) is 5.91 Å². The van der Waals surface area contributed by atoms with Gasteiger partial charge in [-0.25, -0.2) is 0 Å². The van der Waals surface area contributed by atoms with Gasteiger partial charge in [0, 0.05) is 19.6 Å². The number of aliphatic carboxylic acids is 1. The van der Waals surface area contributed by atoms with E-state index in [0.717, 1.165) is 19.6 Å². The molecule has 3 atom stereocenters. The molecular formula is C15H24N2O4. The summed E-state index contributed by atoms with van der Waals surface area (Å²) >= 11 is 0. The molecule has 0 radical (unpaired) electrons. The maximum Gasteiger partial charge on any atom is 0.307 e. The summed E-state index contributed by atoms with van der Waals surface area (Å²) in [6, 6.07) is 0. The van der Waals surface area contributed by atoms with E-state index >= 15 is 0 Å². The van der Waals surface area contributed by atoms with Crippen molar-refractivity contribution in [1.82, 2.24) is 10.2 Å². The highest BCUT2D eigenvalue weighted by molar-refractivity contribution is 5.85. The van der Waals surface area contributed by atoms with E-state index < -0.39 is 17.8 Å². The van der Waals surface area contributed by atoms with E-state index in [2.05, 4.69) is 17.1 Å². The van der Waals surface area contributed by atoms with E-state index in [0.29, 0.717) is 26.0 Å². The van der Waals surface area contributed by atoms with E-state index in [9.17, 15) is 14.7 Å². The first-order valence-corrected chi connectivity index (χ1v) is 7.61. The van der Waals surface area contributed by atoms with Gasteiger partial charge in [0.25, 0.3) is 0 Å². The molecule has 1 amide bonds. The van der Waals surface area contributed by atoms with Gasteiger partial charge < -0.3 is 15.2 Å². The van der Waals surface area contributed by atoms with Crippen LogP contribution in [0.3, 0.4) is 0 Å². The highest BCUT2D eigenvalue weighted by Gasteiger charge is 2.34. The number of rotatable bonds is 5. The van der Waals surface area contributed by atoms with Crippen molar-refractivity contribution in [3.63, 3.8) is 0 Å². The average Bonchev–Trinajstić information content (AvgIpc) is 2.52. The number of morpholine rings is 1. The van der Waals surface area contributed by atoms with Crippen LogP contribution in [0.5, 0.6) is 0 Å². The average molecular weight is 296 g/mol. The van der Waals surface area contributed by atoms with Crippen LogP contribution in [0.15, 0.2) is 12.2 Å². The standard InChI is InChI=1S/C15H24N2O4/c1-2-17-7-8-21-11(10-17)9-16-14(18)12-5-3-4-6-13(12)15(19)20/h3-4,11-13H,2,5-10H2,1H3,(H,16,18)(H,19,20). The Bertz CT molecular complexity index is 410. The Morgan fingerprint density at radius 1 is 1.33 bits per heavy atom. The first-order chi connectivity index (χ1) is 10.1. The lowest BCUT2D eigenvalue weighted by atomic mass is 9.82. The molecule has 1 heterocycles. The number of nitrogens with one attached hydrogen (secondary N) is 1. The summed E-state index contributed by atoms with van der Waals surface area (Å²) in [4.78, 5) is 25.7. The number of likely N-dealkylation sites (N-methyl/N-ethyl adjacent to an activating group) is 1. The Morgan fingerprint density at radius 3 is 2.71 bits per heavy atom. The second-order valence-corrected chi connectivity index (χ2v) is 5.63. The van der Waals surface area contributed by atoms with Crippen molar-refractivity contribution in [2.45, 2.75) is 25.9 Å². The first-order valence-electron chi connectivity index (χ1n) is 7.61. The Morgan fingerprint density at radius 2 is 2.05 bits per heavy atom. The topological polar surface area (TPSA) is 78.9 Å². The SMILES string of the molecule is CCN1CCOC(CNC(=O)C2CC=CCC2C(=O)O)C1. The molecule has 6 heteroatoms. The molecule has 1 saturated heterocycles. The minimum atomic E-state index is -0.898. The van der Waals surface area contributed by atoms with Gasteiger partial charge >= 0.3 is 5.97 Å². The molecule has 2 N–H and O–H groups in total. The van der Waals surface area contributed by atoms with E-state index in [1.54, 1.807) is 0 Å². The number of carboxylic acid groups (broad SMARTS) is 1. The number of amides is 1. The summed E-state index contributed by atoms with van der Waals surface area (Å²) in [6.45, 7) is 5.94. The highest BCUT2D eigenvalue weighted by atomic mass is 16.5. The fourth-order valence-electron chi connectivity index (χ4n) is 2.91. The van der Waals surface area contributed by atoms with Crippen LogP contribution in [0.2, 0.25) is 0 Å². The summed E-state index contributed by atoms with van der Waals surface area (Å²) in [5.41, 5.74) is 0. The molecule has 0 aromatic rings. The minimum Gasteiger partial charge on any atom is -0.481 e. The number of allylic oxidation sites excluding steroid dienone is 2. The maximum absolute atomic E-state index is 12.2. The largest absolute Gasteiger partial charge is 0.481 e. The number of carboxylic acids is 1. The fraction of sp³-hybridized carbons (Fsp3) is 0.733. The highest BCUT2D eigenvalue weighted by Crippen LogP contribution is 2.26. The summed E-state index contributed by atoms with van der Waals surface area (Å²) in [6.07, 6.45) is 4.64. The molecule has 3 unspecified atom stereocenters. The van der Waals surface area contributed by atoms with Crippen molar-refractivity contribution >= 4 is 11.9 Å². The van der Waals surface area contributed by atoms with Gasteiger partial charge in [-0.15, -0.1) is 0 Å². The third kappa shape index (κ3) is 4.28. The Hall–Kier alpha value is -1.40. The minimum absolute atomic E-state index is 0.00920. The number of hydrogen-bond acceptors (Lipinski definition) is 4. The molecule has 6 nitrogen and oxygen atoms in total. The number of carbonyl (C=O) groups excluding carboxylic acids is 1. The Balaban J connectivity index is 1.83. The number of carbonyl (C=O) groups is 2. The third-order valence-electron chi connectivity index (χ3n) is 4.26. The van der Waals surface area contributed by atoms with Crippen molar-refractivity contribution < 1.29 is 19.4 Å². The van der Waals surface area contributed by atoms with Gasteiger partial charge in [-0.2, -0.15) is 0 Å². The lowest BCUT2D eigenvalue weighted by Gasteiger charge is -2.32. The molecule has 118 valence electrons. The van der Waals surface area contributed by atoms with E-state index in [4.69, 9.17) is 4.74 Å².